The first-order valence-corrected chi connectivity index (χ1v) is 7.75. The number of nitrogens with zero attached hydrogens (tertiary/aromatic N) is 1. The van der Waals surface area contributed by atoms with Crippen molar-refractivity contribution in [1.82, 2.24) is 10.2 Å². The van der Waals surface area contributed by atoms with Crippen molar-refractivity contribution in [3.05, 3.63) is 23.2 Å². The average Bonchev–Trinajstić information content (AvgIpc) is 2.82. The van der Waals surface area contributed by atoms with Crippen molar-refractivity contribution in [3.63, 3.8) is 0 Å². The SMILES string of the molecule is Cc1oc(C(=O)NC(C)C(=O)O)cc1CN1CCCCC1C. The summed E-state index contributed by atoms with van der Waals surface area (Å²) >= 11 is 0. The maximum atomic E-state index is 12.0. The molecule has 2 atom stereocenters. The van der Waals surface area contributed by atoms with Gasteiger partial charge < -0.3 is 14.8 Å². The number of rotatable bonds is 5. The van der Waals surface area contributed by atoms with Crippen LogP contribution in [0.5, 0.6) is 0 Å². The molecule has 0 aromatic carbocycles. The lowest BCUT2D eigenvalue weighted by Crippen LogP contribution is -2.38. The molecule has 2 heterocycles. The number of amides is 1. The first-order chi connectivity index (χ1) is 10.4. The standard InChI is InChI=1S/C16H24N2O4/c1-10-6-4-5-7-18(10)9-13-8-14(22-12(13)3)15(19)17-11(2)16(20)21/h8,10-11H,4-7,9H2,1-3H3,(H,17,19)(H,20,21). The molecule has 1 saturated heterocycles. The zero-order valence-electron chi connectivity index (χ0n) is 13.4. The summed E-state index contributed by atoms with van der Waals surface area (Å²) in [6, 6.07) is 1.32. The summed E-state index contributed by atoms with van der Waals surface area (Å²) in [6.07, 6.45) is 3.66. The number of aliphatic carboxylic acids is 1. The number of carboxylic acid groups (broad SMARTS) is 1. The summed E-state index contributed by atoms with van der Waals surface area (Å²) in [5.41, 5.74) is 0.988. The number of carbonyl (C=O) groups is 2. The first-order valence-electron chi connectivity index (χ1n) is 7.75. The molecule has 2 rings (SSSR count). The Hall–Kier alpha value is -1.82. The van der Waals surface area contributed by atoms with Gasteiger partial charge >= 0.3 is 5.97 Å². The van der Waals surface area contributed by atoms with E-state index in [0.29, 0.717) is 11.8 Å². The Kier molecular flexibility index (Phi) is 5.24. The Morgan fingerprint density at radius 1 is 1.50 bits per heavy atom. The third kappa shape index (κ3) is 3.88. The van der Waals surface area contributed by atoms with Crippen LogP contribution in [-0.4, -0.2) is 40.5 Å². The molecule has 0 spiro atoms. The van der Waals surface area contributed by atoms with Crippen LogP contribution in [0.25, 0.3) is 0 Å². The van der Waals surface area contributed by atoms with Crippen LogP contribution in [0.1, 0.15) is 55.0 Å². The van der Waals surface area contributed by atoms with E-state index in [-0.39, 0.29) is 5.76 Å². The molecule has 122 valence electrons. The summed E-state index contributed by atoms with van der Waals surface area (Å²) < 4.78 is 5.50. The Morgan fingerprint density at radius 3 is 2.86 bits per heavy atom. The molecule has 1 aliphatic rings. The monoisotopic (exact) mass is 308 g/mol. The normalized spacial score (nSPS) is 20.6. The molecule has 2 N–H and O–H groups in total. The molecule has 0 saturated carbocycles. The number of hydrogen-bond acceptors (Lipinski definition) is 4. The van der Waals surface area contributed by atoms with Crippen molar-refractivity contribution < 1.29 is 19.1 Å². The number of carboxylic acids is 1. The molecule has 0 bridgehead atoms. The Bertz CT molecular complexity index is 552. The lowest BCUT2D eigenvalue weighted by molar-refractivity contribution is -0.138. The van der Waals surface area contributed by atoms with Crippen molar-refractivity contribution in [2.75, 3.05) is 6.54 Å². The number of aryl methyl sites for hydroxylation is 1. The van der Waals surface area contributed by atoms with E-state index >= 15 is 0 Å². The quantitative estimate of drug-likeness (QED) is 0.871. The van der Waals surface area contributed by atoms with Crippen LogP contribution < -0.4 is 5.32 Å². The molecule has 1 aromatic rings. The zero-order chi connectivity index (χ0) is 16.3. The molecular weight excluding hydrogens is 284 g/mol. The predicted octanol–water partition coefficient (Wildman–Crippen LogP) is 2.17. The Morgan fingerprint density at radius 2 is 2.23 bits per heavy atom. The van der Waals surface area contributed by atoms with Gasteiger partial charge in [0, 0.05) is 18.2 Å². The molecule has 0 radical (unpaired) electrons. The van der Waals surface area contributed by atoms with Gasteiger partial charge in [-0.2, -0.15) is 0 Å². The maximum Gasteiger partial charge on any atom is 0.325 e. The van der Waals surface area contributed by atoms with E-state index in [1.54, 1.807) is 6.07 Å². The molecule has 0 aliphatic carbocycles. The molecule has 1 aliphatic heterocycles. The largest absolute Gasteiger partial charge is 0.480 e. The predicted molar refractivity (Wildman–Crippen MR) is 81.7 cm³/mol. The van der Waals surface area contributed by atoms with E-state index in [9.17, 15) is 9.59 Å². The van der Waals surface area contributed by atoms with Gasteiger partial charge in [-0.25, -0.2) is 0 Å². The summed E-state index contributed by atoms with van der Waals surface area (Å²) in [5, 5.41) is 11.2. The number of furan rings is 1. The van der Waals surface area contributed by atoms with E-state index in [4.69, 9.17) is 9.52 Å². The lowest BCUT2D eigenvalue weighted by Gasteiger charge is -2.33. The first kappa shape index (κ1) is 16.5. The van der Waals surface area contributed by atoms with Crippen molar-refractivity contribution in [3.8, 4) is 0 Å². The van der Waals surface area contributed by atoms with Gasteiger partial charge in [-0.3, -0.25) is 14.5 Å². The van der Waals surface area contributed by atoms with Crippen LogP contribution in [0.3, 0.4) is 0 Å². The number of hydrogen-bond donors (Lipinski definition) is 2. The van der Waals surface area contributed by atoms with Gasteiger partial charge in [0.05, 0.1) is 0 Å². The molecule has 1 aromatic heterocycles. The Labute approximate surface area is 130 Å². The van der Waals surface area contributed by atoms with E-state index in [1.807, 2.05) is 6.92 Å². The molecule has 1 fully saturated rings. The minimum Gasteiger partial charge on any atom is -0.480 e. The number of nitrogens with one attached hydrogen (secondary N) is 1. The fraction of sp³-hybridized carbons (Fsp3) is 0.625. The van der Waals surface area contributed by atoms with Crippen LogP contribution in [-0.2, 0) is 11.3 Å². The highest BCUT2D eigenvalue weighted by atomic mass is 16.4. The molecule has 2 unspecified atom stereocenters. The van der Waals surface area contributed by atoms with E-state index < -0.39 is 17.9 Å². The van der Waals surface area contributed by atoms with Gasteiger partial charge in [-0.1, -0.05) is 6.42 Å². The summed E-state index contributed by atoms with van der Waals surface area (Å²) in [6.45, 7) is 7.30. The van der Waals surface area contributed by atoms with E-state index in [0.717, 1.165) is 18.7 Å². The van der Waals surface area contributed by atoms with Crippen LogP contribution >= 0.6 is 0 Å². The average molecular weight is 308 g/mol. The second-order valence-corrected chi connectivity index (χ2v) is 6.04. The van der Waals surface area contributed by atoms with Crippen molar-refractivity contribution >= 4 is 11.9 Å². The van der Waals surface area contributed by atoms with Crippen LogP contribution in [0.2, 0.25) is 0 Å². The van der Waals surface area contributed by atoms with Crippen LogP contribution in [0.15, 0.2) is 10.5 Å². The second kappa shape index (κ2) is 6.96. The molecule has 6 nitrogen and oxygen atoms in total. The molecule has 1 amide bonds. The van der Waals surface area contributed by atoms with E-state index in [1.165, 1.54) is 26.2 Å². The highest BCUT2D eigenvalue weighted by Gasteiger charge is 2.23. The number of carbonyl (C=O) groups excluding carboxylic acids is 1. The molecule has 22 heavy (non-hydrogen) atoms. The smallest absolute Gasteiger partial charge is 0.325 e. The minimum atomic E-state index is -1.07. The van der Waals surface area contributed by atoms with Gasteiger partial charge in [0.2, 0.25) is 0 Å². The van der Waals surface area contributed by atoms with Crippen LogP contribution in [0, 0.1) is 6.92 Å². The maximum absolute atomic E-state index is 12.0. The van der Waals surface area contributed by atoms with Crippen molar-refractivity contribution in [1.29, 1.82) is 0 Å². The van der Waals surface area contributed by atoms with Gasteiger partial charge in [-0.15, -0.1) is 0 Å². The second-order valence-electron chi connectivity index (χ2n) is 6.04. The van der Waals surface area contributed by atoms with Gasteiger partial charge in [0.25, 0.3) is 5.91 Å². The third-order valence-corrected chi connectivity index (χ3v) is 4.28. The van der Waals surface area contributed by atoms with Gasteiger partial charge in [0.15, 0.2) is 5.76 Å². The zero-order valence-corrected chi connectivity index (χ0v) is 13.4. The third-order valence-electron chi connectivity index (χ3n) is 4.28. The van der Waals surface area contributed by atoms with E-state index in [2.05, 4.69) is 17.1 Å². The lowest BCUT2D eigenvalue weighted by atomic mass is 10.0. The van der Waals surface area contributed by atoms with Gasteiger partial charge in [0.1, 0.15) is 11.8 Å². The van der Waals surface area contributed by atoms with Crippen molar-refractivity contribution in [2.45, 2.75) is 58.7 Å². The topological polar surface area (TPSA) is 82.8 Å². The number of likely N-dealkylation sites (tertiary alicyclic amines) is 1. The van der Waals surface area contributed by atoms with Crippen molar-refractivity contribution in [2.24, 2.45) is 0 Å². The summed E-state index contributed by atoms with van der Waals surface area (Å²) in [4.78, 5) is 25.2. The molecule has 6 heteroatoms. The highest BCUT2D eigenvalue weighted by molar-refractivity contribution is 5.94. The molecular formula is C16H24N2O4. The fourth-order valence-corrected chi connectivity index (χ4v) is 2.73. The summed E-state index contributed by atoms with van der Waals surface area (Å²) in [5.74, 6) is -0.675. The minimum absolute atomic E-state index is 0.172. The highest BCUT2D eigenvalue weighted by Crippen LogP contribution is 2.22. The Balaban J connectivity index is 2.04. The fourth-order valence-electron chi connectivity index (χ4n) is 2.73. The van der Waals surface area contributed by atoms with Gasteiger partial charge in [-0.05, 0) is 46.2 Å². The van der Waals surface area contributed by atoms with Crippen LogP contribution in [0.4, 0.5) is 0 Å². The summed E-state index contributed by atoms with van der Waals surface area (Å²) in [7, 11) is 0. The number of piperidine rings is 1.